The second-order valence-electron chi connectivity index (χ2n) is 6.39. The highest BCUT2D eigenvalue weighted by atomic mass is 32.2. The summed E-state index contributed by atoms with van der Waals surface area (Å²) in [5.41, 5.74) is 0. The van der Waals surface area contributed by atoms with Crippen molar-refractivity contribution in [1.82, 2.24) is 14.9 Å². The number of rotatable bonds is 7. The number of hydrogen-bond donors (Lipinski definition) is 2. The number of aliphatic imine (C=N–C) groups is 1. The largest absolute Gasteiger partial charge is 0.356 e. The molecule has 6 nitrogen and oxygen atoms in total. The molecule has 0 unspecified atom stereocenters. The molecule has 1 aliphatic heterocycles. The lowest BCUT2D eigenvalue weighted by molar-refractivity contribution is 0.273. The highest BCUT2D eigenvalue weighted by Crippen LogP contribution is 2.23. The Hall–Kier alpha value is -1.60. The van der Waals surface area contributed by atoms with Crippen LogP contribution in [-0.4, -0.2) is 51.9 Å². The van der Waals surface area contributed by atoms with Crippen molar-refractivity contribution in [2.24, 2.45) is 10.9 Å². The van der Waals surface area contributed by atoms with Crippen LogP contribution >= 0.6 is 0 Å². The summed E-state index contributed by atoms with van der Waals surface area (Å²) in [5, 5.41) is 6.65. The molecule has 0 atom stereocenters. The van der Waals surface area contributed by atoms with Gasteiger partial charge in [-0.05, 0) is 37.3 Å². The molecule has 0 radical (unpaired) electrons. The molecule has 1 aliphatic rings. The van der Waals surface area contributed by atoms with Gasteiger partial charge in [-0.15, -0.1) is 0 Å². The first-order chi connectivity index (χ1) is 12.1. The lowest BCUT2D eigenvalue weighted by atomic mass is 9.98. The highest BCUT2D eigenvalue weighted by molar-refractivity contribution is 7.89. The zero-order valence-electron chi connectivity index (χ0n) is 15.2. The number of unbranched alkanes of at least 4 members (excludes halogenated alkanes) is 1. The molecule has 0 bridgehead atoms. The molecule has 0 aromatic heterocycles. The Labute approximate surface area is 151 Å². The first kappa shape index (κ1) is 19.7. The fraction of sp³-hybridized carbons (Fsp3) is 0.611. The lowest BCUT2D eigenvalue weighted by Gasteiger charge is -2.31. The molecule has 1 aromatic carbocycles. The first-order valence-electron chi connectivity index (χ1n) is 9.07. The number of nitrogens with one attached hydrogen (secondary N) is 2. The van der Waals surface area contributed by atoms with Gasteiger partial charge < -0.3 is 10.6 Å². The summed E-state index contributed by atoms with van der Waals surface area (Å²) < 4.78 is 26.9. The number of benzene rings is 1. The summed E-state index contributed by atoms with van der Waals surface area (Å²) in [6.07, 6.45) is 4.00. The second-order valence-corrected chi connectivity index (χ2v) is 8.33. The van der Waals surface area contributed by atoms with Gasteiger partial charge in [0.05, 0.1) is 4.90 Å². The predicted octanol–water partition coefficient (Wildman–Crippen LogP) is 2.05. The minimum absolute atomic E-state index is 0.382. The van der Waals surface area contributed by atoms with Crippen LogP contribution in [0.2, 0.25) is 0 Å². The highest BCUT2D eigenvalue weighted by Gasteiger charge is 2.29. The van der Waals surface area contributed by atoms with E-state index in [1.54, 1.807) is 35.6 Å². The van der Waals surface area contributed by atoms with Crippen molar-refractivity contribution in [3.63, 3.8) is 0 Å². The van der Waals surface area contributed by atoms with E-state index in [1.807, 2.05) is 6.07 Å². The summed E-state index contributed by atoms with van der Waals surface area (Å²) in [7, 11) is -1.59. The lowest BCUT2D eigenvalue weighted by Crippen LogP contribution is -2.44. The topological polar surface area (TPSA) is 73.8 Å². The van der Waals surface area contributed by atoms with Gasteiger partial charge in [0.25, 0.3) is 0 Å². The average molecular weight is 367 g/mol. The Morgan fingerprint density at radius 2 is 1.88 bits per heavy atom. The van der Waals surface area contributed by atoms with Gasteiger partial charge in [0, 0.05) is 33.2 Å². The molecule has 1 heterocycles. The van der Waals surface area contributed by atoms with Crippen molar-refractivity contribution in [2.45, 2.75) is 37.5 Å². The molecule has 140 valence electrons. The molecular formula is C18H30N4O2S. The molecule has 1 aromatic rings. The Morgan fingerprint density at radius 3 is 2.48 bits per heavy atom. The van der Waals surface area contributed by atoms with Crippen LogP contribution < -0.4 is 10.6 Å². The third-order valence-electron chi connectivity index (χ3n) is 4.56. The van der Waals surface area contributed by atoms with Gasteiger partial charge in [0.15, 0.2) is 5.96 Å². The maximum absolute atomic E-state index is 12.6. The second kappa shape index (κ2) is 9.77. The van der Waals surface area contributed by atoms with Crippen molar-refractivity contribution < 1.29 is 8.42 Å². The minimum Gasteiger partial charge on any atom is -0.356 e. The van der Waals surface area contributed by atoms with Gasteiger partial charge in [0.1, 0.15) is 0 Å². The zero-order chi connectivity index (χ0) is 18.1. The Balaban J connectivity index is 1.80. The molecule has 0 aliphatic carbocycles. The van der Waals surface area contributed by atoms with Gasteiger partial charge in [-0.2, -0.15) is 4.31 Å². The van der Waals surface area contributed by atoms with Gasteiger partial charge in [-0.25, -0.2) is 8.42 Å². The number of sulfonamides is 1. The number of hydrogen-bond acceptors (Lipinski definition) is 3. The maximum atomic E-state index is 12.6. The number of piperidine rings is 1. The van der Waals surface area contributed by atoms with Crippen molar-refractivity contribution in [3.05, 3.63) is 30.3 Å². The molecule has 25 heavy (non-hydrogen) atoms. The maximum Gasteiger partial charge on any atom is 0.243 e. The molecule has 2 N–H and O–H groups in total. The van der Waals surface area contributed by atoms with E-state index in [-0.39, 0.29) is 0 Å². The van der Waals surface area contributed by atoms with Crippen LogP contribution in [0.5, 0.6) is 0 Å². The van der Waals surface area contributed by atoms with E-state index in [2.05, 4.69) is 22.5 Å². The van der Waals surface area contributed by atoms with Gasteiger partial charge >= 0.3 is 0 Å². The van der Waals surface area contributed by atoms with E-state index in [9.17, 15) is 8.42 Å². The zero-order valence-corrected chi connectivity index (χ0v) is 16.1. The standard InChI is InChI=1S/C18H30N4O2S/c1-3-4-12-20-18(19-2)21-15-16-10-13-22(14-11-16)25(23,24)17-8-6-5-7-9-17/h5-9,16H,3-4,10-15H2,1-2H3,(H2,19,20,21). The van der Waals surface area contributed by atoms with Crippen LogP contribution in [0.25, 0.3) is 0 Å². The molecule has 0 saturated carbocycles. The average Bonchev–Trinajstić information content (AvgIpc) is 2.65. The van der Waals surface area contributed by atoms with E-state index < -0.39 is 10.0 Å². The van der Waals surface area contributed by atoms with Crippen LogP contribution in [-0.2, 0) is 10.0 Å². The monoisotopic (exact) mass is 366 g/mol. The fourth-order valence-corrected chi connectivity index (χ4v) is 4.43. The summed E-state index contributed by atoms with van der Waals surface area (Å²) in [5.74, 6) is 1.29. The first-order valence-corrected chi connectivity index (χ1v) is 10.5. The van der Waals surface area contributed by atoms with E-state index in [4.69, 9.17) is 0 Å². The summed E-state index contributed by atoms with van der Waals surface area (Å²) in [6.45, 7) is 5.06. The Morgan fingerprint density at radius 1 is 1.20 bits per heavy atom. The smallest absolute Gasteiger partial charge is 0.243 e. The molecule has 7 heteroatoms. The molecule has 0 spiro atoms. The van der Waals surface area contributed by atoms with Gasteiger partial charge in [-0.1, -0.05) is 31.5 Å². The van der Waals surface area contributed by atoms with Crippen molar-refractivity contribution in [1.29, 1.82) is 0 Å². The molecule has 1 saturated heterocycles. The third-order valence-corrected chi connectivity index (χ3v) is 6.47. The van der Waals surface area contributed by atoms with Crippen molar-refractivity contribution in [2.75, 3.05) is 33.2 Å². The molecular weight excluding hydrogens is 336 g/mol. The number of nitrogens with zero attached hydrogens (tertiary/aromatic N) is 2. The Bertz CT molecular complexity index is 638. The van der Waals surface area contributed by atoms with E-state index >= 15 is 0 Å². The SMILES string of the molecule is CCCCNC(=NC)NCC1CCN(S(=O)(=O)c2ccccc2)CC1. The summed E-state index contributed by atoms with van der Waals surface area (Å²) in [6, 6.07) is 8.68. The van der Waals surface area contributed by atoms with Crippen LogP contribution in [0, 0.1) is 5.92 Å². The minimum atomic E-state index is -3.36. The van der Waals surface area contributed by atoms with Gasteiger partial charge in [0.2, 0.25) is 10.0 Å². The quantitative estimate of drug-likeness (QED) is 0.440. The van der Waals surface area contributed by atoms with Crippen LogP contribution in [0.15, 0.2) is 40.2 Å². The predicted molar refractivity (Wildman–Crippen MR) is 102 cm³/mol. The fourth-order valence-electron chi connectivity index (χ4n) is 2.94. The van der Waals surface area contributed by atoms with Gasteiger partial charge in [-0.3, -0.25) is 4.99 Å². The summed E-state index contributed by atoms with van der Waals surface area (Å²) >= 11 is 0. The van der Waals surface area contributed by atoms with E-state index in [1.165, 1.54) is 0 Å². The van der Waals surface area contributed by atoms with Crippen LogP contribution in [0.4, 0.5) is 0 Å². The van der Waals surface area contributed by atoms with Crippen molar-refractivity contribution >= 4 is 16.0 Å². The van der Waals surface area contributed by atoms with Crippen molar-refractivity contribution in [3.8, 4) is 0 Å². The summed E-state index contributed by atoms with van der Waals surface area (Å²) in [4.78, 5) is 4.61. The Kier molecular flexibility index (Phi) is 7.71. The van der Waals surface area contributed by atoms with E-state index in [0.717, 1.165) is 44.7 Å². The van der Waals surface area contributed by atoms with Crippen LogP contribution in [0.3, 0.4) is 0 Å². The molecule has 2 rings (SSSR count). The molecule has 0 amide bonds. The van der Waals surface area contributed by atoms with E-state index in [0.29, 0.717) is 23.9 Å². The van der Waals surface area contributed by atoms with Crippen LogP contribution in [0.1, 0.15) is 32.6 Å². The molecule has 1 fully saturated rings. The normalized spacial score (nSPS) is 17.4. The third kappa shape index (κ3) is 5.71. The number of guanidine groups is 1.